The van der Waals surface area contributed by atoms with Gasteiger partial charge in [0.15, 0.2) is 5.76 Å². The summed E-state index contributed by atoms with van der Waals surface area (Å²) >= 11 is 1.65. The van der Waals surface area contributed by atoms with E-state index in [1.165, 1.54) is 18.6 Å². The van der Waals surface area contributed by atoms with Crippen molar-refractivity contribution in [2.75, 3.05) is 0 Å². The Labute approximate surface area is 162 Å². The van der Waals surface area contributed by atoms with E-state index in [2.05, 4.69) is 6.07 Å². The minimum absolute atomic E-state index is 0.0383. The van der Waals surface area contributed by atoms with E-state index >= 15 is 0 Å². The quantitative estimate of drug-likeness (QED) is 0.531. The standard InChI is InChI=1S/C22H22FNO2S/c23-17-10-8-16(9-11-17)21-13-12-19(27-21)15-24(18-5-2-1-3-6-18)22(25)20-7-4-14-26-20/h4,7-14,18H,1-3,5-6,15H2. The molecule has 4 rings (SSSR count). The molecule has 1 aliphatic carbocycles. The topological polar surface area (TPSA) is 33.5 Å². The van der Waals surface area contributed by atoms with Gasteiger partial charge >= 0.3 is 0 Å². The van der Waals surface area contributed by atoms with E-state index in [4.69, 9.17) is 4.42 Å². The zero-order valence-corrected chi connectivity index (χ0v) is 15.9. The molecule has 0 atom stereocenters. The third-order valence-corrected chi connectivity index (χ3v) is 6.24. The molecule has 0 spiro atoms. The molecule has 0 saturated heterocycles. The van der Waals surface area contributed by atoms with Gasteiger partial charge in [-0.05, 0) is 54.8 Å². The lowest BCUT2D eigenvalue weighted by Gasteiger charge is -2.33. The van der Waals surface area contributed by atoms with Crippen LogP contribution >= 0.6 is 11.3 Å². The van der Waals surface area contributed by atoms with E-state index < -0.39 is 0 Å². The van der Waals surface area contributed by atoms with Gasteiger partial charge < -0.3 is 9.32 Å². The van der Waals surface area contributed by atoms with Crippen molar-refractivity contribution in [2.45, 2.75) is 44.7 Å². The second-order valence-corrected chi connectivity index (χ2v) is 8.14. The Hall–Kier alpha value is -2.40. The van der Waals surface area contributed by atoms with Crippen LogP contribution in [0.15, 0.2) is 59.2 Å². The highest BCUT2D eigenvalue weighted by molar-refractivity contribution is 7.15. The maximum absolute atomic E-state index is 13.2. The molecule has 1 amide bonds. The number of thiophene rings is 1. The molecule has 1 aromatic carbocycles. The third kappa shape index (κ3) is 4.14. The smallest absolute Gasteiger partial charge is 0.290 e. The van der Waals surface area contributed by atoms with Gasteiger partial charge in [0, 0.05) is 15.8 Å². The molecule has 0 radical (unpaired) electrons. The van der Waals surface area contributed by atoms with Crippen molar-refractivity contribution in [2.24, 2.45) is 0 Å². The van der Waals surface area contributed by atoms with Crippen molar-refractivity contribution >= 4 is 17.2 Å². The van der Waals surface area contributed by atoms with Crippen molar-refractivity contribution in [1.29, 1.82) is 0 Å². The minimum atomic E-state index is -0.233. The van der Waals surface area contributed by atoms with E-state index in [0.29, 0.717) is 12.3 Å². The summed E-state index contributed by atoms with van der Waals surface area (Å²) in [7, 11) is 0. The zero-order chi connectivity index (χ0) is 18.6. The normalized spacial score (nSPS) is 15.0. The predicted molar refractivity (Wildman–Crippen MR) is 105 cm³/mol. The van der Waals surface area contributed by atoms with E-state index in [9.17, 15) is 9.18 Å². The van der Waals surface area contributed by atoms with Gasteiger partial charge in [-0.1, -0.05) is 31.4 Å². The summed E-state index contributed by atoms with van der Waals surface area (Å²) in [5, 5.41) is 0. The second-order valence-electron chi connectivity index (χ2n) is 6.98. The van der Waals surface area contributed by atoms with Gasteiger partial charge in [-0.3, -0.25) is 4.79 Å². The molecular formula is C22H22FNO2S. The number of amides is 1. The Kier molecular flexibility index (Phi) is 5.39. The molecule has 2 heterocycles. The van der Waals surface area contributed by atoms with Crippen LogP contribution in [0.4, 0.5) is 4.39 Å². The molecule has 3 aromatic rings. The largest absolute Gasteiger partial charge is 0.459 e. The lowest BCUT2D eigenvalue weighted by atomic mass is 9.94. The van der Waals surface area contributed by atoms with Gasteiger partial charge in [0.2, 0.25) is 0 Å². The Morgan fingerprint density at radius 1 is 1.07 bits per heavy atom. The number of carbonyl (C=O) groups excluding carboxylic acids is 1. The summed E-state index contributed by atoms with van der Waals surface area (Å²) in [6.45, 7) is 0.579. The maximum atomic E-state index is 13.2. The number of hydrogen-bond acceptors (Lipinski definition) is 3. The fourth-order valence-electron chi connectivity index (χ4n) is 3.70. The van der Waals surface area contributed by atoms with E-state index in [1.54, 1.807) is 41.9 Å². The van der Waals surface area contributed by atoms with Gasteiger partial charge in [0.1, 0.15) is 5.82 Å². The van der Waals surface area contributed by atoms with Crippen LogP contribution in [-0.2, 0) is 6.54 Å². The first-order chi connectivity index (χ1) is 13.2. The number of rotatable bonds is 5. The van der Waals surface area contributed by atoms with Gasteiger partial charge in [-0.15, -0.1) is 11.3 Å². The Morgan fingerprint density at radius 2 is 1.85 bits per heavy atom. The molecule has 1 aliphatic rings. The van der Waals surface area contributed by atoms with Gasteiger partial charge in [-0.25, -0.2) is 4.39 Å². The number of hydrogen-bond donors (Lipinski definition) is 0. The highest BCUT2D eigenvalue weighted by Gasteiger charge is 2.28. The van der Waals surface area contributed by atoms with E-state index in [-0.39, 0.29) is 17.8 Å². The van der Waals surface area contributed by atoms with Crippen molar-refractivity contribution in [3.05, 3.63) is 71.2 Å². The summed E-state index contributed by atoms with van der Waals surface area (Å²) < 4.78 is 18.5. The van der Waals surface area contributed by atoms with Crippen LogP contribution in [0.2, 0.25) is 0 Å². The van der Waals surface area contributed by atoms with Crippen LogP contribution < -0.4 is 0 Å². The average Bonchev–Trinajstić information content (AvgIpc) is 3.39. The molecule has 3 nitrogen and oxygen atoms in total. The van der Waals surface area contributed by atoms with Crippen LogP contribution in [0.1, 0.15) is 47.5 Å². The lowest BCUT2D eigenvalue weighted by Crippen LogP contribution is -2.40. The molecule has 0 unspecified atom stereocenters. The summed E-state index contributed by atoms with van der Waals surface area (Å²) in [5.41, 5.74) is 0.995. The molecule has 2 aromatic heterocycles. The third-order valence-electron chi connectivity index (χ3n) is 5.12. The molecule has 1 fully saturated rings. The van der Waals surface area contributed by atoms with Gasteiger partial charge in [0.25, 0.3) is 5.91 Å². The molecule has 5 heteroatoms. The van der Waals surface area contributed by atoms with Crippen LogP contribution in [-0.4, -0.2) is 16.8 Å². The highest BCUT2D eigenvalue weighted by atomic mass is 32.1. The molecule has 0 N–H and O–H groups in total. The van der Waals surface area contributed by atoms with Crippen molar-refractivity contribution in [1.82, 2.24) is 4.90 Å². The van der Waals surface area contributed by atoms with E-state index in [1.807, 2.05) is 11.0 Å². The Morgan fingerprint density at radius 3 is 2.56 bits per heavy atom. The lowest BCUT2D eigenvalue weighted by molar-refractivity contribution is 0.0584. The van der Waals surface area contributed by atoms with Crippen molar-refractivity contribution < 1.29 is 13.6 Å². The molecule has 0 bridgehead atoms. The second kappa shape index (κ2) is 8.09. The molecular weight excluding hydrogens is 361 g/mol. The number of nitrogens with zero attached hydrogens (tertiary/aromatic N) is 1. The predicted octanol–water partition coefficient (Wildman–Crippen LogP) is 6.12. The Balaban J connectivity index is 1.56. The highest BCUT2D eigenvalue weighted by Crippen LogP contribution is 2.31. The van der Waals surface area contributed by atoms with Crippen LogP contribution in [0, 0.1) is 5.82 Å². The van der Waals surface area contributed by atoms with Crippen LogP contribution in [0.5, 0.6) is 0 Å². The Bertz CT molecular complexity index is 879. The maximum Gasteiger partial charge on any atom is 0.290 e. The number of benzene rings is 1. The molecule has 1 saturated carbocycles. The fourth-order valence-corrected chi connectivity index (χ4v) is 4.71. The molecule has 0 aliphatic heterocycles. The molecule has 140 valence electrons. The number of halogens is 1. The van der Waals surface area contributed by atoms with E-state index in [0.717, 1.165) is 41.0 Å². The summed E-state index contributed by atoms with van der Waals surface area (Å²) in [4.78, 5) is 17.2. The molecule has 27 heavy (non-hydrogen) atoms. The monoisotopic (exact) mass is 383 g/mol. The number of furan rings is 1. The van der Waals surface area contributed by atoms with Crippen molar-refractivity contribution in [3.63, 3.8) is 0 Å². The average molecular weight is 383 g/mol. The van der Waals surface area contributed by atoms with Crippen LogP contribution in [0.25, 0.3) is 10.4 Å². The zero-order valence-electron chi connectivity index (χ0n) is 15.1. The van der Waals surface area contributed by atoms with Gasteiger partial charge in [0.05, 0.1) is 12.8 Å². The number of carbonyl (C=O) groups is 1. The van der Waals surface area contributed by atoms with Crippen molar-refractivity contribution in [3.8, 4) is 10.4 Å². The van der Waals surface area contributed by atoms with Crippen LogP contribution in [0.3, 0.4) is 0 Å². The fraction of sp³-hybridized carbons (Fsp3) is 0.318. The first kappa shape index (κ1) is 18.0. The first-order valence-electron chi connectivity index (χ1n) is 9.40. The SMILES string of the molecule is O=C(c1ccco1)N(Cc1ccc(-c2ccc(F)cc2)s1)C1CCCCC1. The summed E-state index contributed by atoms with van der Waals surface area (Å²) in [5.74, 6) is 0.127. The minimum Gasteiger partial charge on any atom is -0.459 e. The summed E-state index contributed by atoms with van der Waals surface area (Å²) in [6, 6.07) is 14.4. The first-order valence-corrected chi connectivity index (χ1v) is 10.2. The van der Waals surface area contributed by atoms with Gasteiger partial charge in [-0.2, -0.15) is 0 Å². The summed E-state index contributed by atoms with van der Waals surface area (Å²) in [6.07, 6.45) is 7.21.